The van der Waals surface area contributed by atoms with Gasteiger partial charge in [0.05, 0.1) is 54.6 Å². The Morgan fingerprint density at radius 3 is 1.45 bits per heavy atom. The molecular formula is C41H51N7O12S5. The SMILES string of the molecule is CC(C)CCN1C(=O)C(C2=NS(=O)(=O)c3c(CN(Cc4csc5c4S(=O)(=O)N=C(C4C(=O)C6C7CCC(O7)C6N(CCC(C)C)C4=O)N5)S(C)(=O)=O)csc3N2)C(=O)C2C3CCC(O3)C21. The lowest BCUT2D eigenvalue weighted by Crippen LogP contribution is -2.63. The van der Waals surface area contributed by atoms with Crippen LogP contribution in [0.2, 0.25) is 0 Å². The Labute approximate surface area is 385 Å². The summed E-state index contributed by atoms with van der Waals surface area (Å²) >= 11 is 1.88. The fourth-order valence-corrected chi connectivity index (χ4v) is 17.2. The number of nitrogens with zero attached hydrogens (tertiary/aromatic N) is 5. The number of hydrogen-bond donors (Lipinski definition) is 2. The lowest BCUT2D eigenvalue weighted by atomic mass is 9.73. The van der Waals surface area contributed by atoms with Crippen molar-refractivity contribution in [3.8, 4) is 0 Å². The highest BCUT2D eigenvalue weighted by molar-refractivity contribution is 7.91. The van der Waals surface area contributed by atoms with E-state index in [9.17, 15) is 44.4 Å². The Hall–Kier alpha value is -3.65. The van der Waals surface area contributed by atoms with Gasteiger partial charge < -0.3 is 29.9 Å². The molecule has 4 bridgehead atoms. The summed E-state index contributed by atoms with van der Waals surface area (Å²) < 4.78 is 104. The van der Waals surface area contributed by atoms with E-state index in [1.807, 2.05) is 27.7 Å². The molecule has 6 saturated heterocycles. The summed E-state index contributed by atoms with van der Waals surface area (Å²) in [6.45, 7) is 7.83. The zero-order chi connectivity index (χ0) is 46.2. The molecule has 10 unspecified atom stereocenters. The Bertz CT molecular complexity index is 2630. The molecule has 2 N–H and O–H groups in total. The van der Waals surface area contributed by atoms with Gasteiger partial charge >= 0.3 is 0 Å². The molecule has 10 rings (SSSR count). The third-order valence-corrected chi connectivity index (χ3v) is 20.3. The molecule has 8 aliphatic rings. The van der Waals surface area contributed by atoms with Gasteiger partial charge in [-0.2, -0.15) is 21.1 Å². The molecule has 0 aliphatic carbocycles. The summed E-state index contributed by atoms with van der Waals surface area (Å²) in [6.07, 6.45) is 3.73. The number of ketones is 2. The van der Waals surface area contributed by atoms with Gasteiger partial charge in [-0.25, -0.2) is 8.42 Å². The van der Waals surface area contributed by atoms with Crippen molar-refractivity contribution in [3.63, 3.8) is 0 Å². The number of anilines is 2. The maximum Gasteiger partial charge on any atom is 0.287 e. The molecule has 19 nitrogen and oxygen atoms in total. The smallest absolute Gasteiger partial charge is 0.287 e. The zero-order valence-corrected chi connectivity index (χ0v) is 40.4. The van der Waals surface area contributed by atoms with Crippen molar-refractivity contribution >= 4 is 97.8 Å². The largest absolute Gasteiger partial charge is 0.372 e. The fourth-order valence-electron chi connectivity index (χ4n) is 11.1. The number of ether oxygens (including phenoxy) is 2. The number of carbonyl (C=O) groups is 4. The van der Waals surface area contributed by atoms with Crippen LogP contribution in [0.25, 0.3) is 0 Å². The first kappa shape index (κ1) is 45.1. The summed E-state index contributed by atoms with van der Waals surface area (Å²) in [5, 5.41) is 8.89. The highest BCUT2D eigenvalue weighted by Crippen LogP contribution is 2.50. The van der Waals surface area contributed by atoms with Crippen LogP contribution in [-0.2, 0) is 71.8 Å². The van der Waals surface area contributed by atoms with E-state index in [0.29, 0.717) is 38.8 Å². The molecule has 2 amide bonds. The number of hydrogen-bond acceptors (Lipinski definition) is 16. The van der Waals surface area contributed by atoms with E-state index < -0.39 is 102 Å². The van der Waals surface area contributed by atoms with Gasteiger partial charge in [0.1, 0.15) is 31.5 Å². The molecular weight excluding hydrogens is 943 g/mol. The van der Waals surface area contributed by atoms with E-state index in [4.69, 9.17) is 9.47 Å². The van der Waals surface area contributed by atoms with Crippen molar-refractivity contribution in [3.05, 3.63) is 21.9 Å². The molecule has 8 aliphatic heterocycles. The summed E-state index contributed by atoms with van der Waals surface area (Å²) in [4.78, 5) is 59.3. The highest BCUT2D eigenvalue weighted by atomic mass is 32.2. The van der Waals surface area contributed by atoms with Crippen molar-refractivity contribution in [1.82, 2.24) is 14.1 Å². The monoisotopic (exact) mass is 993 g/mol. The average molecular weight is 994 g/mol. The number of carbonyl (C=O) groups excluding carboxylic acids is 4. The van der Waals surface area contributed by atoms with E-state index in [1.54, 1.807) is 9.80 Å². The number of likely N-dealkylation sites (tertiary alicyclic amines) is 2. The van der Waals surface area contributed by atoms with Crippen LogP contribution in [0.5, 0.6) is 0 Å². The van der Waals surface area contributed by atoms with Gasteiger partial charge in [0, 0.05) is 37.3 Å². The lowest BCUT2D eigenvalue weighted by Gasteiger charge is -2.44. The molecule has 10 heterocycles. The Morgan fingerprint density at radius 2 is 1.08 bits per heavy atom. The summed E-state index contributed by atoms with van der Waals surface area (Å²) in [5.41, 5.74) is 0.0774. The van der Waals surface area contributed by atoms with E-state index in [0.717, 1.165) is 46.1 Å². The zero-order valence-electron chi connectivity index (χ0n) is 36.3. The van der Waals surface area contributed by atoms with Crippen LogP contribution >= 0.6 is 22.7 Å². The molecule has 0 aromatic carbocycles. The van der Waals surface area contributed by atoms with Crippen molar-refractivity contribution < 1.29 is 53.9 Å². The Kier molecular flexibility index (Phi) is 11.1. The summed E-state index contributed by atoms with van der Waals surface area (Å²) in [7, 11) is -13.4. The molecule has 352 valence electrons. The third kappa shape index (κ3) is 7.43. The minimum absolute atomic E-state index is 0.0387. The number of amides is 2. The molecule has 0 spiro atoms. The quantitative estimate of drug-likeness (QED) is 0.274. The molecule has 24 heteroatoms. The second-order valence-electron chi connectivity index (χ2n) is 19.2. The first-order chi connectivity index (χ1) is 30.6. The van der Waals surface area contributed by atoms with Crippen LogP contribution in [0.1, 0.15) is 77.3 Å². The van der Waals surface area contributed by atoms with Crippen LogP contribution in [0.4, 0.5) is 10.0 Å². The number of nitrogens with one attached hydrogen (secondary N) is 2. The Balaban J connectivity index is 0.903. The van der Waals surface area contributed by atoms with Crippen LogP contribution in [-0.4, -0.2) is 130 Å². The molecule has 65 heavy (non-hydrogen) atoms. The fraction of sp³-hybridized carbons (Fsp3) is 0.659. The number of fused-ring (bicyclic) bond motifs is 12. The second kappa shape index (κ2) is 16.0. The third-order valence-electron chi connectivity index (χ3n) is 14.1. The van der Waals surface area contributed by atoms with Gasteiger partial charge in [-0.05, 0) is 61.1 Å². The lowest BCUT2D eigenvalue weighted by molar-refractivity contribution is -0.152. The standard InChI is InChI=1S/C41H51N7O12S5/c1-18(2)10-12-47-30-24-8-6-22(59-24)26(30)32(49)28(40(47)51)36-42-38-34(64(55,56)44-36)20(16-61-38)14-46(63(5,53)54)15-21-17-62-39-35(21)65(57,58)45-37(43-39)29-33(50)27-23-7-9-25(60-23)31(27)48(41(29)52)13-11-19(3)4/h16-19,22-31H,6-15H2,1-5H3,(H,42,44)(H,43,45). The first-order valence-corrected chi connectivity index (χ1v) is 28.5. The molecule has 2 aromatic heterocycles. The maximum absolute atomic E-state index is 14.2. The van der Waals surface area contributed by atoms with E-state index in [1.165, 1.54) is 10.8 Å². The molecule has 0 radical (unpaired) electrons. The number of sulfonamides is 3. The van der Waals surface area contributed by atoms with Crippen molar-refractivity contribution in [2.75, 3.05) is 30.0 Å². The maximum atomic E-state index is 14.2. The van der Waals surface area contributed by atoms with Gasteiger partial charge in [0.15, 0.2) is 23.4 Å². The van der Waals surface area contributed by atoms with Crippen LogP contribution < -0.4 is 10.6 Å². The number of thiophene rings is 2. The number of rotatable bonds is 13. The molecule has 2 aromatic rings. The normalized spacial score (nSPS) is 33.0. The predicted molar refractivity (Wildman–Crippen MR) is 239 cm³/mol. The van der Waals surface area contributed by atoms with Gasteiger partial charge in [0.25, 0.3) is 20.0 Å². The molecule has 10 atom stereocenters. The van der Waals surface area contributed by atoms with Crippen LogP contribution in [0.15, 0.2) is 29.3 Å². The van der Waals surface area contributed by atoms with Crippen LogP contribution in [0.3, 0.4) is 0 Å². The van der Waals surface area contributed by atoms with Gasteiger partial charge in [0.2, 0.25) is 21.8 Å². The first-order valence-electron chi connectivity index (χ1n) is 22.0. The van der Waals surface area contributed by atoms with Crippen molar-refractivity contribution in [2.24, 2.45) is 44.3 Å². The molecule has 0 saturated carbocycles. The summed E-state index contributed by atoms with van der Waals surface area (Å²) in [5.74, 6) is -6.32. The highest BCUT2D eigenvalue weighted by Gasteiger charge is 2.63. The van der Waals surface area contributed by atoms with E-state index in [-0.39, 0.29) is 78.8 Å². The van der Waals surface area contributed by atoms with E-state index in [2.05, 4.69) is 19.4 Å². The Morgan fingerprint density at radius 1 is 0.692 bits per heavy atom. The van der Waals surface area contributed by atoms with Crippen LogP contribution in [0, 0.1) is 35.5 Å². The topological polar surface area (TPSA) is 248 Å². The minimum Gasteiger partial charge on any atom is -0.372 e. The average Bonchev–Trinajstić information content (AvgIpc) is 4.07. The minimum atomic E-state index is -4.61. The van der Waals surface area contributed by atoms with E-state index >= 15 is 0 Å². The van der Waals surface area contributed by atoms with Crippen molar-refractivity contribution in [1.29, 1.82) is 0 Å². The van der Waals surface area contributed by atoms with Gasteiger partial charge in [-0.3, -0.25) is 19.2 Å². The van der Waals surface area contributed by atoms with Gasteiger partial charge in [-0.15, -0.1) is 31.5 Å². The van der Waals surface area contributed by atoms with Crippen molar-refractivity contribution in [2.45, 2.75) is 126 Å². The molecule has 6 fully saturated rings. The second-order valence-corrected chi connectivity index (χ2v) is 26.1. The van der Waals surface area contributed by atoms with Gasteiger partial charge in [-0.1, -0.05) is 27.7 Å². The predicted octanol–water partition coefficient (Wildman–Crippen LogP) is 3.04. The number of piperidine rings is 2. The summed E-state index contributed by atoms with van der Waals surface area (Å²) in [6, 6.07) is -0.852. The number of Topliss-reactive ketones (excluding diaryl/α,β-unsaturated/α-hetero) is 2. The number of amidine groups is 2.